The van der Waals surface area contributed by atoms with Gasteiger partial charge >= 0.3 is 0 Å². The second kappa shape index (κ2) is 4.01. The first kappa shape index (κ1) is 9.68. The number of carbonyl (C=O) groups excluding carboxylic acids is 1. The van der Waals surface area contributed by atoms with Crippen molar-refractivity contribution in [2.45, 2.75) is 45.0 Å². The van der Waals surface area contributed by atoms with Gasteiger partial charge in [-0.15, -0.1) is 0 Å². The predicted octanol–water partition coefficient (Wildman–Crippen LogP) is 1.51. The normalized spacial score (nSPS) is 36.3. The Hall–Kier alpha value is -0.410. The molecule has 1 rings (SSSR count). The lowest BCUT2D eigenvalue weighted by atomic mass is 10.1. The molecule has 0 amide bonds. The molecular formula is C9H16O3. The van der Waals surface area contributed by atoms with Crippen LogP contribution in [0.15, 0.2) is 0 Å². The summed E-state index contributed by atoms with van der Waals surface area (Å²) in [5.74, 6) is -0.529. The summed E-state index contributed by atoms with van der Waals surface area (Å²) >= 11 is 0. The molecule has 70 valence electrons. The molecular weight excluding hydrogens is 156 g/mol. The highest BCUT2D eigenvalue weighted by atomic mass is 16.7. The largest absolute Gasteiger partial charge is 0.350 e. The van der Waals surface area contributed by atoms with Gasteiger partial charge in [0.05, 0.1) is 12.7 Å². The SMILES string of the molecule is CC1CCOC(C)(CCC=O)O1. The third-order valence-electron chi connectivity index (χ3n) is 2.10. The lowest BCUT2D eigenvalue weighted by molar-refractivity contribution is -0.282. The zero-order valence-electron chi connectivity index (χ0n) is 7.71. The molecule has 1 aliphatic heterocycles. The second-order valence-electron chi connectivity index (χ2n) is 3.40. The molecule has 3 nitrogen and oxygen atoms in total. The molecule has 3 heteroatoms. The molecule has 0 N–H and O–H groups in total. The van der Waals surface area contributed by atoms with Gasteiger partial charge in [0.25, 0.3) is 0 Å². The first-order valence-electron chi connectivity index (χ1n) is 4.42. The number of rotatable bonds is 3. The van der Waals surface area contributed by atoms with Gasteiger partial charge in [0.2, 0.25) is 0 Å². The molecule has 0 radical (unpaired) electrons. The molecule has 0 aromatic heterocycles. The average Bonchev–Trinajstić information content (AvgIpc) is 2.01. The third-order valence-corrected chi connectivity index (χ3v) is 2.10. The van der Waals surface area contributed by atoms with Crippen LogP contribution in [0.25, 0.3) is 0 Å². The smallest absolute Gasteiger partial charge is 0.166 e. The summed E-state index contributed by atoms with van der Waals surface area (Å²) in [5, 5.41) is 0. The van der Waals surface area contributed by atoms with Gasteiger partial charge in [0.15, 0.2) is 5.79 Å². The Morgan fingerprint density at radius 2 is 2.42 bits per heavy atom. The van der Waals surface area contributed by atoms with Crippen molar-refractivity contribution in [3.05, 3.63) is 0 Å². The number of ether oxygens (including phenoxy) is 2. The van der Waals surface area contributed by atoms with Crippen molar-refractivity contribution >= 4 is 6.29 Å². The van der Waals surface area contributed by atoms with Crippen LogP contribution < -0.4 is 0 Å². The maximum atomic E-state index is 10.2. The van der Waals surface area contributed by atoms with Crippen LogP contribution in [0.3, 0.4) is 0 Å². The number of aldehydes is 1. The fourth-order valence-corrected chi connectivity index (χ4v) is 1.41. The Bertz CT molecular complexity index is 158. The minimum absolute atomic E-state index is 0.246. The molecule has 0 aromatic rings. The molecule has 12 heavy (non-hydrogen) atoms. The van der Waals surface area contributed by atoms with E-state index < -0.39 is 5.79 Å². The molecule has 1 saturated heterocycles. The fraction of sp³-hybridized carbons (Fsp3) is 0.889. The topological polar surface area (TPSA) is 35.5 Å². The number of hydrogen-bond acceptors (Lipinski definition) is 3. The summed E-state index contributed by atoms with van der Waals surface area (Å²) in [6.07, 6.45) is 3.24. The second-order valence-corrected chi connectivity index (χ2v) is 3.40. The van der Waals surface area contributed by atoms with Gasteiger partial charge in [-0.3, -0.25) is 0 Å². The predicted molar refractivity (Wildman–Crippen MR) is 44.8 cm³/mol. The van der Waals surface area contributed by atoms with Gasteiger partial charge in [0, 0.05) is 12.8 Å². The summed E-state index contributed by atoms with van der Waals surface area (Å²) in [5.41, 5.74) is 0. The van der Waals surface area contributed by atoms with Crippen LogP contribution in [0.1, 0.15) is 33.1 Å². The van der Waals surface area contributed by atoms with Crippen LogP contribution in [-0.4, -0.2) is 24.8 Å². The molecule has 0 aromatic carbocycles. The Labute approximate surface area is 73.0 Å². The van der Waals surface area contributed by atoms with Crippen LogP contribution in [0, 0.1) is 0 Å². The van der Waals surface area contributed by atoms with Gasteiger partial charge in [-0.05, 0) is 20.3 Å². The van der Waals surface area contributed by atoms with Crippen LogP contribution in [0.4, 0.5) is 0 Å². The average molecular weight is 172 g/mol. The van der Waals surface area contributed by atoms with E-state index in [0.717, 1.165) is 19.3 Å². The maximum Gasteiger partial charge on any atom is 0.166 e. The highest BCUT2D eigenvalue weighted by Gasteiger charge is 2.31. The van der Waals surface area contributed by atoms with E-state index in [2.05, 4.69) is 0 Å². The molecule has 0 saturated carbocycles. The quantitative estimate of drug-likeness (QED) is 0.605. The fourth-order valence-electron chi connectivity index (χ4n) is 1.41. The molecule has 0 spiro atoms. The Morgan fingerprint density at radius 1 is 1.67 bits per heavy atom. The van der Waals surface area contributed by atoms with Crippen molar-refractivity contribution < 1.29 is 14.3 Å². The van der Waals surface area contributed by atoms with Crippen molar-refractivity contribution in [1.29, 1.82) is 0 Å². The molecule has 1 heterocycles. The van der Waals surface area contributed by atoms with E-state index in [0.29, 0.717) is 12.8 Å². The van der Waals surface area contributed by atoms with E-state index in [1.54, 1.807) is 0 Å². The van der Waals surface area contributed by atoms with E-state index >= 15 is 0 Å². The summed E-state index contributed by atoms with van der Waals surface area (Å²) in [7, 11) is 0. The van der Waals surface area contributed by atoms with E-state index in [9.17, 15) is 4.79 Å². The number of carbonyl (C=O) groups is 1. The zero-order valence-corrected chi connectivity index (χ0v) is 7.71. The molecule has 1 fully saturated rings. The van der Waals surface area contributed by atoms with Crippen LogP contribution >= 0.6 is 0 Å². The van der Waals surface area contributed by atoms with E-state index in [1.165, 1.54) is 0 Å². The van der Waals surface area contributed by atoms with Gasteiger partial charge < -0.3 is 14.3 Å². The Morgan fingerprint density at radius 3 is 3.00 bits per heavy atom. The van der Waals surface area contributed by atoms with Gasteiger partial charge in [-0.2, -0.15) is 0 Å². The number of hydrogen-bond donors (Lipinski definition) is 0. The molecule has 1 aliphatic rings. The van der Waals surface area contributed by atoms with Gasteiger partial charge in [-0.1, -0.05) is 0 Å². The van der Waals surface area contributed by atoms with Crippen LogP contribution in [0.2, 0.25) is 0 Å². The summed E-state index contributed by atoms with van der Waals surface area (Å²) in [4.78, 5) is 10.2. The monoisotopic (exact) mass is 172 g/mol. The molecule has 0 aliphatic carbocycles. The lowest BCUT2D eigenvalue weighted by Gasteiger charge is -2.37. The minimum Gasteiger partial charge on any atom is -0.350 e. The standard InChI is InChI=1S/C9H16O3/c1-8-4-7-11-9(2,12-8)5-3-6-10/h6,8H,3-5,7H2,1-2H3. The van der Waals surface area contributed by atoms with Crippen molar-refractivity contribution in [3.8, 4) is 0 Å². The zero-order chi connectivity index (χ0) is 9.03. The van der Waals surface area contributed by atoms with Crippen LogP contribution in [-0.2, 0) is 14.3 Å². The Kier molecular flexibility index (Phi) is 3.23. The molecule has 2 atom stereocenters. The molecule has 0 bridgehead atoms. The third kappa shape index (κ3) is 2.57. The van der Waals surface area contributed by atoms with E-state index in [1.807, 2.05) is 13.8 Å². The van der Waals surface area contributed by atoms with E-state index in [4.69, 9.17) is 9.47 Å². The van der Waals surface area contributed by atoms with Crippen molar-refractivity contribution in [1.82, 2.24) is 0 Å². The van der Waals surface area contributed by atoms with Crippen molar-refractivity contribution in [2.24, 2.45) is 0 Å². The highest BCUT2D eigenvalue weighted by Crippen LogP contribution is 2.26. The first-order valence-corrected chi connectivity index (χ1v) is 4.42. The summed E-state index contributed by atoms with van der Waals surface area (Å²) in [6.45, 7) is 4.66. The first-order chi connectivity index (χ1) is 5.66. The highest BCUT2D eigenvalue weighted by molar-refractivity contribution is 5.49. The summed E-state index contributed by atoms with van der Waals surface area (Å²) in [6, 6.07) is 0. The maximum absolute atomic E-state index is 10.2. The van der Waals surface area contributed by atoms with Crippen molar-refractivity contribution in [3.63, 3.8) is 0 Å². The minimum atomic E-state index is -0.529. The van der Waals surface area contributed by atoms with Gasteiger partial charge in [0.1, 0.15) is 6.29 Å². The lowest BCUT2D eigenvalue weighted by Crippen LogP contribution is -2.41. The van der Waals surface area contributed by atoms with Crippen molar-refractivity contribution in [2.75, 3.05) is 6.61 Å². The van der Waals surface area contributed by atoms with Gasteiger partial charge in [-0.25, -0.2) is 0 Å². The molecule has 2 unspecified atom stereocenters. The van der Waals surface area contributed by atoms with Crippen LogP contribution in [0.5, 0.6) is 0 Å². The Balaban J connectivity index is 2.39. The van der Waals surface area contributed by atoms with E-state index in [-0.39, 0.29) is 6.10 Å². The summed E-state index contributed by atoms with van der Waals surface area (Å²) < 4.78 is 11.1.